The summed E-state index contributed by atoms with van der Waals surface area (Å²) < 4.78 is 5.64. The highest BCUT2D eigenvalue weighted by molar-refractivity contribution is 4.88. The highest BCUT2D eigenvalue weighted by Gasteiger charge is 2.31. The second-order valence-electron chi connectivity index (χ2n) is 6.33. The molecule has 0 saturated heterocycles. The fraction of sp³-hybridized carbons (Fsp3) is 1.00. The van der Waals surface area contributed by atoms with E-state index < -0.39 is 0 Å². The average Bonchev–Trinajstić information content (AvgIpc) is 2.33. The number of nitrogens with one attached hydrogen (secondary N) is 1. The van der Waals surface area contributed by atoms with Gasteiger partial charge in [-0.05, 0) is 43.9 Å². The van der Waals surface area contributed by atoms with Gasteiger partial charge in [-0.3, -0.25) is 0 Å². The molecule has 0 bridgehead atoms. The second kappa shape index (κ2) is 6.19. The Labute approximate surface area is 107 Å². The highest BCUT2D eigenvalue weighted by atomic mass is 16.5. The largest absolute Gasteiger partial charge is 0.380 e. The Morgan fingerprint density at radius 2 is 1.71 bits per heavy atom. The van der Waals surface area contributed by atoms with E-state index in [2.05, 4.69) is 19.2 Å². The van der Waals surface area contributed by atoms with Crippen molar-refractivity contribution in [3.05, 3.63) is 0 Å². The van der Waals surface area contributed by atoms with E-state index >= 15 is 0 Å². The molecular weight excluding hydrogens is 210 g/mol. The minimum absolute atomic E-state index is 0.454. The van der Waals surface area contributed by atoms with Crippen molar-refractivity contribution in [2.45, 2.75) is 77.0 Å². The van der Waals surface area contributed by atoms with Crippen LogP contribution in [0.3, 0.4) is 0 Å². The molecule has 0 aromatic rings. The fourth-order valence-corrected chi connectivity index (χ4v) is 3.76. The Balaban J connectivity index is 1.86. The molecule has 100 valence electrons. The van der Waals surface area contributed by atoms with Crippen molar-refractivity contribution in [2.24, 2.45) is 11.8 Å². The first-order chi connectivity index (χ1) is 8.20. The maximum Gasteiger partial charge on any atom is 0.0724 e. The lowest BCUT2D eigenvalue weighted by molar-refractivity contribution is 0.0311. The summed E-state index contributed by atoms with van der Waals surface area (Å²) in [5, 5.41) is 3.90. The Kier molecular flexibility index (Phi) is 4.87. The van der Waals surface area contributed by atoms with Gasteiger partial charge in [0.05, 0.1) is 6.10 Å². The molecule has 2 saturated carbocycles. The Morgan fingerprint density at radius 1 is 0.941 bits per heavy atom. The molecule has 2 aliphatic carbocycles. The van der Waals surface area contributed by atoms with Crippen molar-refractivity contribution in [3.8, 4) is 0 Å². The number of hydrogen-bond donors (Lipinski definition) is 1. The van der Waals surface area contributed by atoms with E-state index in [1.54, 1.807) is 0 Å². The molecule has 1 N–H and O–H groups in total. The number of methoxy groups -OCH3 is 1. The van der Waals surface area contributed by atoms with Crippen LogP contribution in [0.5, 0.6) is 0 Å². The van der Waals surface area contributed by atoms with Gasteiger partial charge in [-0.25, -0.2) is 0 Å². The lowest BCUT2D eigenvalue weighted by Crippen LogP contribution is -2.51. The first-order valence-corrected chi connectivity index (χ1v) is 7.49. The van der Waals surface area contributed by atoms with E-state index in [-0.39, 0.29) is 0 Å². The molecule has 2 rings (SSSR count). The zero-order valence-electron chi connectivity index (χ0n) is 11.7. The van der Waals surface area contributed by atoms with Gasteiger partial charge in [-0.15, -0.1) is 0 Å². The van der Waals surface area contributed by atoms with Crippen LogP contribution in [0.4, 0.5) is 0 Å². The summed E-state index contributed by atoms with van der Waals surface area (Å²) in [4.78, 5) is 0. The van der Waals surface area contributed by atoms with Crippen LogP contribution in [-0.4, -0.2) is 25.3 Å². The van der Waals surface area contributed by atoms with Crippen LogP contribution < -0.4 is 5.32 Å². The normalized spacial score (nSPS) is 43.6. The maximum atomic E-state index is 5.64. The van der Waals surface area contributed by atoms with Gasteiger partial charge < -0.3 is 10.1 Å². The SMILES string of the molecule is COC1CCCCC1NC1CCC(C)CC1C. The van der Waals surface area contributed by atoms with Crippen molar-refractivity contribution in [1.29, 1.82) is 0 Å². The Bertz CT molecular complexity index is 231. The molecule has 2 nitrogen and oxygen atoms in total. The molecule has 2 aliphatic rings. The van der Waals surface area contributed by atoms with Gasteiger partial charge in [-0.2, -0.15) is 0 Å². The minimum atomic E-state index is 0.454. The smallest absolute Gasteiger partial charge is 0.0724 e. The average molecular weight is 239 g/mol. The van der Waals surface area contributed by atoms with Gasteiger partial charge in [0.15, 0.2) is 0 Å². The maximum absolute atomic E-state index is 5.64. The molecule has 2 heteroatoms. The number of ether oxygens (including phenoxy) is 1. The molecule has 0 amide bonds. The summed E-state index contributed by atoms with van der Waals surface area (Å²) in [6, 6.07) is 1.33. The van der Waals surface area contributed by atoms with Gasteiger partial charge in [0, 0.05) is 19.2 Å². The standard InChI is InChI=1S/C15H29NO/c1-11-8-9-13(12(2)10-11)16-14-6-4-5-7-15(14)17-3/h11-16H,4-10H2,1-3H3. The lowest BCUT2D eigenvalue weighted by atomic mass is 9.79. The van der Waals surface area contributed by atoms with Gasteiger partial charge in [0.1, 0.15) is 0 Å². The fourth-order valence-electron chi connectivity index (χ4n) is 3.76. The first-order valence-electron chi connectivity index (χ1n) is 7.49. The van der Waals surface area contributed by atoms with Gasteiger partial charge in [0.2, 0.25) is 0 Å². The van der Waals surface area contributed by atoms with Crippen molar-refractivity contribution < 1.29 is 4.74 Å². The van der Waals surface area contributed by atoms with E-state index in [0.717, 1.165) is 17.9 Å². The third-order valence-corrected chi connectivity index (χ3v) is 4.86. The molecule has 0 radical (unpaired) electrons. The Morgan fingerprint density at radius 3 is 2.41 bits per heavy atom. The molecule has 17 heavy (non-hydrogen) atoms. The number of rotatable bonds is 3. The van der Waals surface area contributed by atoms with Crippen LogP contribution in [0.25, 0.3) is 0 Å². The number of hydrogen-bond acceptors (Lipinski definition) is 2. The van der Waals surface area contributed by atoms with E-state index in [0.29, 0.717) is 12.1 Å². The lowest BCUT2D eigenvalue weighted by Gasteiger charge is -2.39. The summed E-state index contributed by atoms with van der Waals surface area (Å²) in [6.07, 6.45) is 9.85. The predicted octanol–water partition coefficient (Wildman–Crippen LogP) is 3.36. The molecule has 0 spiro atoms. The Hall–Kier alpha value is -0.0800. The molecule has 0 aromatic heterocycles. The van der Waals surface area contributed by atoms with Crippen LogP contribution in [-0.2, 0) is 4.74 Å². The van der Waals surface area contributed by atoms with Crippen LogP contribution in [0.1, 0.15) is 58.8 Å². The minimum Gasteiger partial charge on any atom is -0.380 e. The zero-order chi connectivity index (χ0) is 12.3. The predicted molar refractivity (Wildman–Crippen MR) is 72.2 cm³/mol. The molecule has 0 heterocycles. The molecule has 0 aliphatic heterocycles. The highest BCUT2D eigenvalue weighted by Crippen LogP contribution is 2.30. The van der Waals surface area contributed by atoms with E-state index in [1.165, 1.54) is 44.9 Å². The van der Waals surface area contributed by atoms with Crippen molar-refractivity contribution in [3.63, 3.8) is 0 Å². The van der Waals surface area contributed by atoms with Crippen LogP contribution in [0, 0.1) is 11.8 Å². The molecule has 5 unspecified atom stereocenters. The summed E-state index contributed by atoms with van der Waals surface area (Å²) in [6.45, 7) is 4.81. The zero-order valence-corrected chi connectivity index (χ0v) is 11.7. The summed E-state index contributed by atoms with van der Waals surface area (Å²) in [5.74, 6) is 1.76. The van der Waals surface area contributed by atoms with Crippen LogP contribution in [0.2, 0.25) is 0 Å². The van der Waals surface area contributed by atoms with Crippen LogP contribution in [0.15, 0.2) is 0 Å². The van der Waals surface area contributed by atoms with Crippen molar-refractivity contribution >= 4 is 0 Å². The van der Waals surface area contributed by atoms with Crippen molar-refractivity contribution in [1.82, 2.24) is 5.32 Å². The molecule has 2 fully saturated rings. The topological polar surface area (TPSA) is 21.3 Å². The summed E-state index contributed by atoms with van der Waals surface area (Å²) in [5.41, 5.74) is 0. The monoisotopic (exact) mass is 239 g/mol. The van der Waals surface area contributed by atoms with E-state index in [1.807, 2.05) is 7.11 Å². The molecular formula is C15H29NO. The van der Waals surface area contributed by atoms with Gasteiger partial charge in [-0.1, -0.05) is 26.7 Å². The second-order valence-corrected chi connectivity index (χ2v) is 6.33. The summed E-state index contributed by atoms with van der Waals surface area (Å²) in [7, 11) is 1.87. The first kappa shape index (κ1) is 13.4. The van der Waals surface area contributed by atoms with Crippen molar-refractivity contribution in [2.75, 3.05) is 7.11 Å². The van der Waals surface area contributed by atoms with Gasteiger partial charge >= 0.3 is 0 Å². The summed E-state index contributed by atoms with van der Waals surface area (Å²) >= 11 is 0. The molecule has 0 aromatic carbocycles. The third-order valence-electron chi connectivity index (χ3n) is 4.86. The van der Waals surface area contributed by atoms with E-state index in [9.17, 15) is 0 Å². The van der Waals surface area contributed by atoms with Crippen LogP contribution >= 0.6 is 0 Å². The third kappa shape index (κ3) is 3.45. The van der Waals surface area contributed by atoms with Gasteiger partial charge in [0.25, 0.3) is 0 Å². The molecule has 5 atom stereocenters. The quantitative estimate of drug-likeness (QED) is 0.815. The van der Waals surface area contributed by atoms with E-state index in [4.69, 9.17) is 4.74 Å².